The quantitative estimate of drug-likeness (QED) is 0.0594. The maximum atomic E-state index is 12.6. The number of carbonyl (C=O) groups is 4. The third-order valence-electron chi connectivity index (χ3n) is 11.5. The van der Waals surface area contributed by atoms with Crippen molar-refractivity contribution in [3.8, 4) is 5.75 Å². The molecule has 0 radical (unpaired) electrons. The Morgan fingerprint density at radius 3 is 1.55 bits per heavy atom. The molecule has 0 saturated carbocycles. The van der Waals surface area contributed by atoms with Crippen molar-refractivity contribution in [2.75, 3.05) is 7.11 Å². The molecule has 0 bridgehead atoms. The van der Waals surface area contributed by atoms with E-state index in [0.29, 0.717) is 91.7 Å². The van der Waals surface area contributed by atoms with Crippen LogP contribution in [0.3, 0.4) is 0 Å². The van der Waals surface area contributed by atoms with Gasteiger partial charge >= 0.3 is 16.5 Å². The normalized spacial score (nSPS) is 15.2. The van der Waals surface area contributed by atoms with Gasteiger partial charge in [-0.1, -0.05) is 71.2 Å². The molecular formula is C54H40Cl3F9O7S3. The average molecular weight is 1170 g/mol. The van der Waals surface area contributed by atoms with Gasteiger partial charge in [0.2, 0.25) is 0 Å². The number of aldehydes is 1. The standard InChI is InChI=1S/C18H14ClF3O2S.C18H12ClF3O2S.C10H9ClO2.C8H5F3OS/c2*19-16-8-11-6-12(17(24)15(11)7-13(16)9-23)5-10-1-3-14(4-2-10)25-18(20,21)22;1-13-10-5-7-6(4-8(10)11)2-3-9(7)12;9-8(10,11)13-7-3-1-6(5-12)2-4-7/h1-4,7-8,12,23H,5-6,9H2;1-5,7-8,23H,6,9H2;4-5H,2-3H2,1H3;1-5H/b;12-5+;;. The summed E-state index contributed by atoms with van der Waals surface area (Å²) in [5.74, 6) is 0.326. The van der Waals surface area contributed by atoms with Crippen LogP contribution < -0.4 is 4.74 Å². The second-order valence-corrected chi connectivity index (χ2v) is 21.4. The summed E-state index contributed by atoms with van der Waals surface area (Å²) >= 11 is 17.5. The van der Waals surface area contributed by atoms with E-state index in [1.807, 2.05) is 6.07 Å². The van der Waals surface area contributed by atoms with Gasteiger partial charge in [-0.3, -0.25) is 19.2 Å². The van der Waals surface area contributed by atoms with Crippen LogP contribution >= 0.6 is 70.1 Å². The highest BCUT2D eigenvalue weighted by Gasteiger charge is 2.33. The number of aliphatic hydroxyl groups excluding tert-OH is 2. The summed E-state index contributed by atoms with van der Waals surface area (Å²) in [5, 5.41) is 19.9. The maximum absolute atomic E-state index is 12.6. The van der Waals surface area contributed by atoms with Crippen molar-refractivity contribution in [1.82, 2.24) is 0 Å². The lowest BCUT2D eigenvalue weighted by molar-refractivity contribution is -0.0337. The van der Waals surface area contributed by atoms with E-state index in [4.69, 9.17) is 39.5 Å². The van der Waals surface area contributed by atoms with Gasteiger partial charge in [-0.2, -0.15) is 39.5 Å². The molecule has 1 unspecified atom stereocenters. The number of ketones is 3. The van der Waals surface area contributed by atoms with Gasteiger partial charge in [-0.25, -0.2) is 0 Å². The number of halogens is 12. The number of allylic oxidation sites excluding steroid dienone is 1. The van der Waals surface area contributed by atoms with Crippen LogP contribution in [0.1, 0.15) is 86.8 Å². The lowest BCUT2D eigenvalue weighted by Gasteiger charge is -2.09. The van der Waals surface area contributed by atoms with Crippen LogP contribution in [0.25, 0.3) is 6.08 Å². The molecule has 3 aliphatic rings. The number of hydrogen-bond donors (Lipinski definition) is 2. The molecule has 0 spiro atoms. The van der Waals surface area contributed by atoms with E-state index in [9.17, 15) is 68.9 Å². The number of alkyl halides is 9. The third-order valence-corrected chi connectivity index (χ3v) is 14.8. The van der Waals surface area contributed by atoms with E-state index >= 15 is 0 Å². The monoisotopic (exact) mass is 1170 g/mol. The Kier molecular flexibility index (Phi) is 20.5. The Hall–Kier alpha value is -5.25. The minimum atomic E-state index is -4.33. The molecule has 6 aromatic carbocycles. The summed E-state index contributed by atoms with van der Waals surface area (Å²) in [6.45, 7) is -0.487. The second kappa shape index (κ2) is 25.9. The molecule has 0 saturated heterocycles. The van der Waals surface area contributed by atoms with E-state index in [1.165, 1.54) is 48.5 Å². The molecule has 9 rings (SSSR count). The summed E-state index contributed by atoms with van der Waals surface area (Å²) in [6.07, 6.45) is 5.05. The fourth-order valence-corrected chi connectivity index (χ4v) is 10.4. The Balaban J connectivity index is 0.000000172. The van der Waals surface area contributed by atoms with Crippen molar-refractivity contribution < 1.29 is 73.6 Å². The maximum Gasteiger partial charge on any atom is 0.446 e. The van der Waals surface area contributed by atoms with Crippen molar-refractivity contribution in [3.63, 3.8) is 0 Å². The van der Waals surface area contributed by atoms with E-state index in [-0.39, 0.29) is 86.5 Å². The van der Waals surface area contributed by atoms with Crippen LogP contribution in [0.2, 0.25) is 15.1 Å². The first-order valence-electron chi connectivity index (χ1n) is 22.3. The van der Waals surface area contributed by atoms with Gasteiger partial charge in [0.05, 0.1) is 25.3 Å². The highest BCUT2D eigenvalue weighted by atomic mass is 35.5. The largest absolute Gasteiger partial charge is 0.495 e. The number of rotatable bonds is 10. The molecule has 400 valence electrons. The lowest BCUT2D eigenvalue weighted by atomic mass is 9.96. The molecule has 0 amide bonds. The topological polar surface area (TPSA) is 118 Å². The molecule has 0 fully saturated rings. The smallest absolute Gasteiger partial charge is 0.446 e. The predicted octanol–water partition coefficient (Wildman–Crippen LogP) is 15.9. The number of ether oxygens (including phenoxy) is 1. The average Bonchev–Trinajstić information content (AvgIpc) is 3.98. The lowest BCUT2D eigenvalue weighted by Crippen LogP contribution is -2.12. The van der Waals surface area contributed by atoms with Crippen LogP contribution in [0, 0.1) is 5.92 Å². The molecule has 6 aromatic rings. The van der Waals surface area contributed by atoms with Gasteiger partial charge in [0.15, 0.2) is 17.3 Å². The summed E-state index contributed by atoms with van der Waals surface area (Å²) in [5.41, 5.74) is -5.03. The number of thioether (sulfide) groups is 3. The third kappa shape index (κ3) is 16.9. The number of carbonyl (C=O) groups excluding carboxylic acids is 4. The molecule has 76 heavy (non-hydrogen) atoms. The Morgan fingerprint density at radius 2 is 1.07 bits per heavy atom. The molecule has 0 heterocycles. The number of aliphatic hydroxyl groups is 2. The minimum Gasteiger partial charge on any atom is -0.495 e. The van der Waals surface area contributed by atoms with Crippen molar-refractivity contribution in [2.45, 2.75) is 76.5 Å². The van der Waals surface area contributed by atoms with Crippen molar-refractivity contribution in [3.05, 3.63) is 191 Å². The van der Waals surface area contributed by atoms with Gasteiger partial charge in [0, 0.05) is 71.3 Å². The van der Waals surface area contributed by atoms with Crippen LogP contribution in [0.5, 0.6) is 5.75 Å². The van der Waals surface area contributed by atoms with Crippen LogP contribution in [-0.4, -0.2) is 57.5 Å². The zero-order valence-corrected chi connectivity index (χ0v) is 44.0. The van der Waals surface area contributed by atoms with Crippen LogP contribution in [0.15, 0.2) is 129 Å². The molecule has 0 aliphatic heterocycles. The Bertz CT molecular complexity index is 3130. The fraction of sp³-hybridized carbons (Fsp3) is 0.222. The summed E-state index contributed by atoms with van der Waals surface area (Å²) in [6, 6.07) is 27.3. The van der Waals surface area contributed by atoms with Gasteiger partial charge in [-0.15, -0.1) is 0 Å². The van der Waals surface area contributed by atoms with Gasteiger partial charge < -0.3 is 14.9 Å². The van der Waals surface area contributed by atoms with Crippen molar-refractivity contribution in [2.24, 2.45) is 5.92 Å². The van der Waals surface area contributed by atoms with E-state index in [2.05, 4.69) is 0 Å². The van der Waals surface area contributed by atoms with Crippen molar-refractivity contribution >= 4 is 99.8 Å². The molecule has 2 N–H and O–H groups in total. The number of Topliss-reactive ketones (excluding diaryl/α,β-unsaturated/α-hetero) is 3. The van der Waals surface area contributed by atoms with Gasteiger partial charge in [0.25, 0.3) is 0 Å². The van der Waals surface area contributed by atoms with Crippen LogP contribution in [-0.2, 0) is 38.9 Å². The SMILES string of the molecule is COc1cc2c(cc1Cl)CCC2=O.O=C1/C(=C/c2ccc(SC(F)(F)F)cc2)Cc2cc(Cl)c(CO)cc21.O=C1c2cc(CO)c(Cl)cc2CC1Cc1ccc(SC(F)(F)F)cc1.O=Cc1ccc(SC(F)(F)F)cc1. The van der Waals surface area contributed by atoms with Gasteiger partial charge in [0.1, 0.15) is 12.0 Å². The number of methoxy groups -OCH3 is 1. The highest BCUT2D eigenvalue weighted by molar-refractivity contribution is 8.00. The van der Waals surface area contributed by atoms with E-state index in [1.54, 1.807) is 67.8 Å². The Morgan fingerprint density at radius 1 is 0.592 bits per heavy atom. The molecular weight excluding hydrogens is 1130 g/mol. The zero-order valence-electron chi connectivity index (χ0n) is 39.3. The highest BCUT2D eigenvalue weighted by Crippen LogP contribution is 2.40. The minimum absolute atomic E-state index is 0.0184. The molecule has 0 aromatic heterocycles. The van der Waals surface area contributed by atoms with Crippen LogP contribution in [0.4, 0.5) is 39.5 Å². The van der Waals surface area contributed by atoms with E-state index in [0.717, 1.165) is 34.2 Å². The predicted molar refractivity (Wildman–Crippen MR) is 277 cm³/mol. The zero-order chi connectivity index (χ0) is 55.7. The second-order valence-electron chi connectivity index (χ2n) is 16.8. The summed E-state index contributed by atoms with van der Waals surface area (Å²) in [4.78, 5) is 46.9. The summed E-state index contributed by atoms with van der Waals surface area (Å²) in [7, 11) is 1.55. The number of hydrogen-bond acceptors (Lipinski definition) is 10. The molecule has 22 heteroatoms. The number of aryl methyl sites for hydroxylation is 1. The fourth-order valence-electron chi connectivity index (χ4n) is 8.06. The molecule has 7 nitrogen and oxygen atoms in total. The first-order chi connectivity index (χ1) is 35.8. The van der Waals surface area contributed by atoms with Crippen molar-refractivity contribution in [1.29, 1.82) is 0 Å². The number of benzene rings is 6. The number of fused-ring (bicyclic) bond motifs is 3. The van der Waals surface area contributed by atoms with Gasteiger partial charge in [-0.05, 0) is 172 Å². The molecule has 3 aliphatic carbocycles. The Labute approximate surface area is 457 Å². The first-order valence-corrected chi connectivity index (χ1v) is 25.9. The summed E-state index contributed by atoms with van der Waals surface area (Å²) < 4.78 is 115. The molecule has 1 atom stereocenters. The first kappa shape index (κ1) is 60.0. The van der Waals surface area contributed by atoms with E-state index < -0.39 is 16.5 Å².